The minimum Gasteiger partial charge on any atom is -0.494 e. The largest absolute Gasteiger partial charge is 0.494 e. The highest BCUT2D eigenvalue weighted by molar-refractivity contribution is 6.02. The summed E-state index contributed by atoms with van der Waals surface area (Å²) in [6.45, 7) is 5.53. The fourth-order valence-electron chi connectivity index (χ4n) is 5.18. The molecule has 3 heterocycles. The molecule has 2 fully saturated rings. The Kier molecular flexibility index (Phi) is 8.31. The van der Waals surface area contributed by atoms with Gasteiger partial charge in [-0.05, 0) is 50.9 Å². The first-order valence-electron chi connectivity index (χ1n) is 13.3. The van der Waals surface area contributed by atoms with E-state index in [1.54, 1.807) is 19.2 Å². The van der Waals surface area contributed by atoms with Crippen LogP contribution in [-0.2, 0) is 9.63 Å². The standard InChI is InChI=1S/C29H33F2N7O3/c1-5-29(39)35-22-13-23(26(40-4)14-25(22)37-10-8-19(16-37)36(2)3)34-27-15-28(33-17-32-27)38-24(9-11-41-38)20-12-18(30)6-7-21(20)31/h5-7,12-15,17,19,24H,1,8-11,16H2,2-4H3,(H,35,39)(H,32,33,34)/t19-,24+/m0/s1. The number of anilines is 5. The second-order valence-corrected chi connectivity index (χ2v) is 10.1. The molecule has 0 saturated carbocycles. The van der Waals surface area contributed by atoms with Crippen molar-refractivity contribution < 1.29 is 23.1 Å². The van der Waals surface area contributed by atoms with Gasteiger partial charge in [-0.15, -0.1) is 0 Å². The summed E-state index contributed by atoms with van der Waals surface area (Å²) < 4.78 is 34.2. The van der Waals surface area contributed by atoms with Gasteiger partial charge in [0, 0.05) is 43.2 Å². The van der Waals surface area contributed by atoms with Gasteiger partial charge < -0.3 is 25.2 Å². The third kappa shape index (κ3) is 6.08. The number of ether oxygens (including phenoxy) is 1. The number of hydrogen-bond acceptors (Lipinski definition) is 9. The number of hydroxylamine groups is 1. The third-order valence-electron chi connectivity index (χ3n) is 7.36. The number of halogens is 2. The van der Waals surface area contributed by atoms with Crippen LogP contribution in [0.2, 0.25) is 0 Å². The summed E-state index contributed by atoms with van der Waals surface area (Å²) in [5.41, 5.74) is 2.17. The maximum absolute atomic E-state index is 14.6. The maximum atomic E-state index is 14.6. The van der Waals surface area contributed by atoms with Crippen LogP contribution in [-0.4, -0.2) is 67.7 Å². The van der Waals surface area contributed by atoms with Gasteiger partial charge in [-0.2, -0.15) is 0 Å². The van der Waals surface area contributed by atoms with Gasteiger partial charge in [0.25, 0.3) is 0 Å². The van der Waals surface area contributed by atoms with Crippen LogP contribution in [0.25, 0.3) is 0 Å². The second-order valence-electron chi connectivity index (χ2n) is 10.1. The molecule has 0 unspecified atom stereocenters. The first-order valence-corrected chi connectivity index (χ1v) is 13.3. The molecule has 2 aliphatic rings. The van der Waals surface area contributed by atoms with E-state index in [0.717, 1.165) is 37.3 Å². The first kappa shape index (κ1) is 28.2. The van der Waals surface area contributed by atoms with Crippen LogP contribution >= 0.6 is 0 Å². The lowest BCUT2D eigenvalue weighted by molar-refractivity contribution is -0.111. The van der Waals surface area contributed by atoms with Crippen molar-refractivity contribution in [2.45, 2.75) is 24.9 Å². The molecule has 0 radical (unpaired) electrons. The molecule has 2 atom stereocenters. The van der Waals surface area contributed by atoms with Crippen molar-refractivity contribution in [2.75, 3.05) is 61.5 Å². The molecule has 0 aliphatic carbocycles. The Hall–Kier alpha value is -4.29. The van der Waals surface area contributed by atoms with Crippen LogP contribution < -0.4 is 25.3 Å². The van der Waals surface area contributed by atoms with Crippen LogP contribution in [0.15, 0.2) is 55.4 Å². The number of nitrogens with one attached hydrogen (secondary N) is 2. The molecule has 1 aromatic heterocycles. The molecule has 2 aromatic carbocycles. The van der Waals surface area contributed by atoms with E-state index in [-0.39, 0.29) is 11.5 Å². The lowest BCUT2D eigenvalue weighted by Gasteiger charge is -2.26. The normalized spacial score (nSPS) is 18.6. The number of amides is 1. The van der Waals surface area contributed by atoms with Crippen LogP contribution in [0.5, 0.6) is 5.75 Å². The van der Waals surface area contributed by atoms with Crippen molar-refractivity contribution in [2.24, 2.45) is 0 Å². The van der Waals surface area contributed by atoms with Gasteiger partial charge in [-0.1, -0.05) is 6.58 Å². The number of hydrogen-bond donors (Lipinski definition) is 2. The summed E-state index contributed by atoms with van der Waals surface area (Å²) >= 11 is 0. The maximum Gasteiger partial charge on any atom is 0.247 e. The van der Waals surface area contributed by atoms with Gasteiger partial charge in [-0.25, -0.2) is 23.8 Å². The quantitative estimate of drug-likeness (QED) is 0.360. The van der Waals surface area contributed by atoms with E-state index in [1.165, 1.54) is 23.5 Å². The van der Waals surface area contributed by atoms with Gasteiger partial charge in [0.2, 0.25) is 5.91 Å². The number of benzene rings is 2. The van der Waals surface area contributed by atoms with Crippen LogP contribution in [0.4, 0.5) is 37.5 Å². The Morgan fingerprint density at radius 3 is 2.73 bits per heavy atom. The zero-order chi connectivity index (χ0) is 29.1. The number of carbonyl (C=O) groups is 1. The number of rotatable bonds is 9. The van der Waals surface area contributed by atoms with Crippen molar-refractivity contribution in [1.29, 1.82) is 0 Å². The number of likely N-dealkylation sites (N-methyl/N-ethyl adjacent to an activating group) is 1. The van der Waals surface area contributed by atoms with Crippen LogP contribution in [0.3, 0.4) is 0 Å². The van der Waals surface area contributed by atoms with E-state index in [0.29, 0.717) is 47.8 Å². The molecule has 0 spiro atoms. The van der Waals surface area contributed by atoms with Crippen molar-refractivity contribution in [1.82, 2.24) is 14.9 Å². The number of aromatic nitrogens is 2. The molecule has 10 nitrogen and oxygen atoms in total. The van der Waals surface area contributed by atoms with Crippen molar-refractivity contribution in [3.63, 3.8) is 0 Å². The lowest BCUT2D eigenvalue weighted by atomic mass is 10.0. The second kappa shape index (κ2) is 12.1. The SMILES string of the molecule is C=CC(=O)Nc1cc(Nc2cc(N3OCC[C@@H]3c3cc(F)ccc3F)ncn2)c(OC)cc1N1CC[C@H](N(C)C)C1. The number of nitrogens with zero attached hydrogens (tertiary/aromatic N) is 5. The highest BCUT2D eigenvalue weighted by Crippen LogP contribution is 2.41. The van der Waals surface area contributed by atoms with E-state index < -0.39 is 17.7 Å². The van der Waals surface area contributed by atoms with Gasteiger partial charge >= 0.3 is 0 Å². The Bertz CT molecular complexity index is 1440. The monoisotopic (exact) mass is 565 g/mol. The molecule has 3 aromatic rings. The minimum atomic E-state index is -0.561. The molecule has 216 valence electrons. The average molecular weight is 566 g/mol. The van der Waals surface area contributed by atoms with Crippen molar-refractivity contribution in [3.05, 3.63) is 72.6 Å². The Balaban J connectivity index is 1.45. The summed E-state index contributed by atoms with van der Waals surface area (Å²) in [6, 6.07) is 8.51. The molecular formula is C29H33F2N7O3. The van der Waals surface area contributed by atoms with Crippen molar-refractivity contribution in [3.8, 4) is 5.75 Å². The molecule has 1 amide bonds. The van der Waals surface area contributed by atoms with Gasteiger partial charge in [0.1, 0.15) is 29.5 Å². The third-order valence-corrected chi connectivity index (χ3v) is 7.36. The predicted octanol–water partition coefficient (Wildman–Crippen LogP) is 4.65. The Morgan fingerprint density at radius 1 is 1.17 bits per heavy atom. The molecular weight excluding hydrogens is 532 g/mol. The smallest absolute Gasteiger partial charge is 0.247 e. The number of carbonyl (C=O) groups excluding carboxylic acids is 1. The highest BCUT2D eigenvalue weighted by Gasteiger charge is 2.32. The van der Waals surface area contributed by atoms with Crippen molar-refractivity contribution >= 4 is 34.6 Å². The first-order chi connectivity index (χ1) is 19.8. The zero-order valence-corrected chi connectivity index (χ0v) is 23.2. The van der Waals surface area contributed by atoms with Gasteiger partial charge in [-0.3, -0.25) is 9.63 Å². The molecule has 5 rings (SSSR count). The van der Waals surface area contributed by atoms with Gasteiger partial charge in [0.05, 0.1) is 36.8 Å². The van der Waals surface area contributed by atoms with E-state index in [9.17, 15) is 13.6 Å². The molecule has 2 N–H and O–H groups in total. The van der Waals surface area contributed by atoms with Crippen LogP contribution in [0.1, 0.15) is 24.4 Å². The Labute approximate surface area is 237 Å². The van der Waals surface area contributed by atoms with Crippen LogP contribution in [0, 0.1) is 11.6 Å². The molecule has 41 heavy (non-hydrogen) atoms. The summed E-state index contributed by atoms with van der Waals surface area (Å²) in [4.78, 5) is 31.1. The van der Waals surface area contributed by atoms with E-state index >= 15 is 0 Å². The summed E-state index contributed by atoms with van der Waals surface area (Å²) in [7, 11) is 5.69. The summed E-state index contributed by atoms with van der Waals surface area (Å²) in [5.74, 6) is -0.0624. The molecule has 12 heteroatoms. The lowest BCUT2D eigenvalue weighted by Crippen LogP contribution is -2.31. The fraction of sp³-hybridized carbons (Fsp3) is 0.345. The summed E-state index contributed by atoms with van der Waals surface area (Å²) in [6.07, 6.45) is 4.02. The van der Waals surface area contributed by atoms with E-state index in [2.05, 4.69) is 51.1 Å². The molecule has 0 bridgehead atoms. The molecule has 2 saturated heterocycles. The van der Waals surface area contributed by atoms with E-state index in [4.69, 9.17) is 9.57 Å². The minimum absolute atomic E-state index is 0.189. The van der Waals surface area contributed by atoms with E-state index in [1.807, 2.05) is 6.07 Å². The topological polar surface area (TPSA) is 95.1 Å². The van der Waals surface area contributed by atoms with Gasteiger partial charge in [0.15, 0.2) is 5.82 Å². The number of methoxy groups -OCH3 is 1. The average Bonchev–Trinajstić information content (AvgIpc) is 3.65. The molecule has 2 aliphatic heterocycles. The fourth-order valence-corrected chi connectivity index (χ4v) is 5.18. The zero-order valence-electron chi connectivity index (χ0n) is 23.2. The summed E-state index contributed by atoms with van der Waals surface area (Å²) in [5, 5.41) is 7.62. The predicted molar refractivity (Wildman–Crippen MR) is 154 cm³/mol. The highest BCUT2D eigenvalue weighted by atomic mass is 19.1. The Morgan fingerprint density at radius 2 is 2.00 bits per heavy atom.